The van der Waals surface area contributed by atoms with E-state index in [0.29, 0.717) is 17.3 Å². The second kappa shape index (κ2) is 7.14. The van der Waals surface area contributed by atoms with Crippen LogP contribution in [0.3, 0.4) is 0 Å². The molecule has 0 fully saturated rings. The van der Waals surface area contributed by atoms with Crippen molar-refractivity contribution in [3.63, 3.8) is 0 Å². The maximum Gasteiger partial charge on any atom is 0.242 e. The molecule has 0 aliphatic carbocycles. The highest BCUT2D eigenvalue weighted by atomic mass is 35.5. The SMILES string of the molecule is COc1cc(Cl)c(C)cc1NCC(=O)N1CCc2ccccc2C1. The van der Waals surface area contributed by atoms with Crippen LogP contribution in [0.2, 0.25) is 5.02 Å². The second-order valence-corrected chi connectivity index (χ2v) is 6.40. The van der Waals surface area contributed by atoms with E-state index < -0.39 is 0 Å². The summed E-state index contributed by atoms with van der Waals surface area (Å²) < 4.78 is 5.33. The smallest absolute Gasteiger partial charge is 0.242 e. The Kier molecular flexibility index (Phi) is 4.95. The van der Waals surface area contributed by atoms with Gasteiger partial charge in [0, 0.05) is 24.2 Å². The third-order valence-corrected chi connectivity index (χ3v) is 4.80. The van der Waals surface area contributed by atoms with Gasteiger partial charge in [0.15, 0.2) is 0 Å². The summed E-state index contributed by atoms with van der Waals surface area (Å²) in [4.78, 5) is 14.4. The van der Waals surface area contributed by atoms with Gasteiger partial charge in [0.1, 0.15) is 5.75 Å². The van der Waals surface area contributed by atoms with Crippen molar-refractivity contribution in [2.45, 2.75) is 19.9 Å². The van der Waals surface area contributed by atoms with E-state index in [0.717, 1.165) is 24.2 Å². The Balaban J connectivity index is 1.65. The highest BCUT2D eigenvalue weighted by molar-refractivity contribution is 6.31. The minimum absolute atomic E-state index is 0.0826. The molecular weight excluding hydrogens is 324 g/mol. The summed E-state index contributed by atoms with van der Waals surface area (Å²) in [5.74, 6) is 0.724. The maximum atomic E-state index is 12.5. The highest BCUT2D eigenvalue weighted by Gasteiger charge is 2.20. The average Bonchev–Trinajstić information content (AvgIpc) is 2.61. The predicted molar refractivity (Wildman–Crippen MR) is 96.8 cm³/mol. The molecule has 5 heteroatoms. The Labute approximate surface area is 147 Å². The maximum absolute atomic E-state index is 12.5. The van der Waals surface area contributed by atoms with E-state index in [4.69, 9.17) is 16.3 Å². The number of ether oxygens (including phenoxy) is 1. The van der Waals surface area contributed by atoms with Crippen molar-refractivity contribution < 1.29 is 9.53 Å². The molecular formula is C19H21ClN2O2. The quantitative estimate of drug-likeness (QED) is 0.920. The molecule has 0 atom stereocenters. The summed E-state index contributed by atoms with van der Waals surface area (Å²) in [5, 5.41) is 3.83. The van der Waals surface area contributed by atoms with Crippen molar-refractivity contribution in [2.24, 2.45) is 0 Å². The largest absolute Gasteiger partial charge is 0.495 e. The Morgan fingerprint density at radius 1 is 1.29 bits per heavy atom. The normalized spacial score (nSPS) is 13.4. The topological polar surface area (TPSA) is 41.6 Å². The summed E-state index contributed by atoms with van der Waals surface area (Å²) >= 11 is 6.11. The molecule has 1 aliphatic heterocycles. The number of rotatable bonds is 4. The van der Waals surface area contributed by atoms with Crippen LogP contribution in [0.25, 0.3) is 0 Å². The van der Waals surface area contributed by atoms with E-state index in [1.54, 1.807) is 13.2 Å². The first-order valence-electron chi connectivity index (χ1n) is 8.01. The molecule has 1 heterocycles. The first-order valence-corrected chi connectivity index (χ1v) is 8.39. The second-order valence-electron chi connectivity index (χ2n) is 5.99. The lowest BCUT2D eigenvalue weighted by molar-refractivity contribution is -0.130. The fourth-order valence-electron chi connectivity index (χ4n) is 2.96. The van der Waals surface area contributed by atoms with Crippen molar-refractivity contribution in [1.29, 1.82) is 0 Å². The van der Waals surface area contributed by atoms with Crippen molar-refractivity contribution >= 4 is 23.2 Å². The van der Waals surface area contributed by atoms with Crippen LogP contribution in [0.5, 0.6) is 5.75 Å². The summed E-state index contributed by atoms with van der Waals surface area (Å²) in [6, 6.07) is 12.0. The first kappa shape index (κ1) is 16.7. The van der Waals surface area contributed by atoms with Crippen LogP contribution >= 0.6 is 11.6 Å². The molecule has 3 rings (SSSR count). The molecule has 126 valence electrons. The van der Waals surface area contributed by atoms with Crippen LogP contribution in [0.1, 0.15) is 16.7 Å². The molecule has 1 aliphatic rings. The molecule has 2 aromatic carbocycles. The molecule has 0 saturated carbocycles. The number of aryl methyl sites for hydroxylation is 1. The fourth-order valence-corrected chi connectivity index (χ4v) is 3.12. The third-order valence-electron chi connectivity index (χ3n) is 4.39. The van der Waals surface area contributed by atoms with Gasteiger partial charge in [0.05, 0.1) is 19.3 Å². The first-order chi connectivity index (χ1) is 11.6. The van der Waals surface area contributed by atoms with Gasteiger partial charge in [0.25, 0.3) is 0 Å². The monoisotopic (exact) mass is 344 g/mol. The number of hydrogen-bond acceptors (Lipinski definition) is 3. The zero-order chi connectivity index (χ0) is 17.1. The number of halogens is 1. The van der Waals surface area contributed by atoms with Gasteiger partial charge in [0.2, 0.25) is 5.91 Å². The molecule has 2 aromatic rings. The predicted octanol–water partition coefficient (Wildman–Crippen LogP) is 3.65. The molecule has 0 saturated heterocycles. The average molecular weight is 345 g/mol. The molecule has 1 amide bonds. The lowest BCUT2D eigenvalue weighted by Crippen LogP contribution is -2.39. The number of nitrogens with one attached hydrogen (secondary N) is 1. The highest BCUT2D eigenvalue weighted by Crippen LogP contribution is 2.30. The molecule has 4 nitrogen and oxygen atoms in total. The molecule has 0 bridgehead atoms. The molecule has 0 spiro atoms. The zero-order valence-electron chi connectivity index (χ0n) is 13.9. The van der Waals surface area contributed by atoms with Crippen LogP contribution in [0, 0.1) is 6.92 Å². The number of carbonyl (C=O) groups excluding carboxylic acids is 1. The van der Waals surface area contributed by atoms with E-state index in [1.807, 2.05) is 30.0 Å². The number of carbonyl (C=O) groups is 1. The molecule has 0 unspecified atom stereocenters. The van der Waals surface area contributed by atoms with Crippen molar-refractivity contribution in [3.8, 4) is 5.75 Å². The van der Waals surface area contributed by atoms with E-state index in [9.17, 15) is 4.79 Å². The Bertz CT molecular complexity index is 761. The standard InChI is InChI=1S/C19H21ClN2O2/c1-13-9-17(18(24-2)10-16(13)20)21-11-19(23)22-8-7-14-5-3-4-6-15(14)12-22/h3-6,9-10,21H,7-8,11-12H2,1-2H3. The minimum Gasteiger partial charge on any atom is -0.495 e. The summed E-state index contributed by atoms with van der Waals surface area (Å²) in [7, 11) is 1.59. The molecule has 0 radical (unpaired) electrons. The summed E-state index contributed by atoms with van der Waals surface area (Å²) in [6.45, 7) is 3.59. The number of anilines is 1. The van der Waals surface area contributed by atoms with Gasteiger partial charge in [-0.15, -0.1) is 0 Å². The summed E-state index contributed by atoms with van der Waals surface area (Å²) in [6.07, 6.45) is 0.908. The fraction of sp³-hybridized carbons (Fsp3) is 0.316. The number of methoxy groups -OCH3 is 1. The third kappa shape index (κ3) is 3.49. The number of amides is 1. The van der Waals surface area contributed by atoms with E-state index in [1.165, 1.54) is 11.1 Å². The van der Waals surface area contributed by atoms with Crippen molar-refractivity contribution in [3.05, 3.63) is 58.1 Å². The minimum atomic E-state index is 0.0826. The van der Waals surface area contributed by atoms with Gasteiger partial charge >= 0.3 is 0 Å². The van der Waals surface area contributed by atoms with Gasteiger partial charge in [-0.05, 0) is 36.1 Å². The van der Waals surface area contributed by atoms with E-state index in [-0.39, 0.29) is 12.5 Å². The number of nitrogens with zero attached hydrogens (tertiary/aromatic N) is 1. The van der Waals surface area contributed by atoms with Gasteiger partial charge in [-0.2, -0.15) is 0 Å². The van der Waals surface area contributed by atoms with Crippen LogP contribution < -0.4 is 10.1 Å². The van der Waals surface area contributed by atoms with Gasteiger partial charge in [-0.3, -0.25) is 4.79 Å². The van der Waals surface area contributed by atoms with Crippen LogP contribution in [-0.2, 0) is 17.8 Å². The lowest BCUT2D eigenvalue weighted by atomic mass is 10.00. The number of benzene rings is 2. The van der Waals surface area contributed by atoms with E-state index >= 15 is 0 Å². The Morgan fingerprint density at radius 3 is 2.79 bits per heavy atom. The van der Waals surface area contributed by atoms with Gasteiger partial charge < -0.3 is 15.0 Å². The lowest BCUT2D eigenvalue weighted by Gasteiger charge is -2.29. The van der Waals surface area contributed by atoms with Crippen LogP contribution in [0.15, 0.2) is 36.4 Å². The molecule has 1 N–H and O–H groups in total. The van der Waals surface area contributed by atoms with Crippen LogP contribution in [-0.4, -0.2) is 31.0 Å². The summed E-state index contributed by atoms with van der Waals surface area (Å²) in [5.41, 5.74) is 4.30. The molecule has 0 aromatic heterocycles. The number of hydrogen-bond donors (Lipinski definition) is 1. The van der Waals surface area contributed by atoms with E-state index in [2.05, 4.69) is 17.4 Å². The van der Waals surface area contributed by atoms with Crippen molar-refractivity contribution in [1.82, 2.24) is 4.90 Å². The van der Waals surface area contributed by atoms with Gasteiger partial charge in [-0.25, -0.2) is 0 Å². The Morgan fingerprint density at radius 2 is 2.04 bits per heavy atom. The van der Waals surface area contributed by atoms with Gasteiger partial charge in [-0.1, -0.05) is 35.9 Å². The van der Waals surface area contributed by atoms with Crippen LogP contribution in [0.4, 0.5) is 5.69 Å². The zero-order valence-corrected chi connectivity index (χ0v) is 14.7. The number of fused-ring (bicyclic) bond motifs is 1. The molecule has 24 heavy (non-hydrogen) atoms. The van der Waals surface area contributed by atoms with Crippen molar-refractivity contribution in [2.75, 3.05) is 25.5 Å². The Hall–Kier alpha value is -2.20.